The third-order valence-corrected chi connectivity index (χ3v) is 3.78. The lowest BCUT2D eigenvalue weighted by Gasteiger charge is -2.11. The van der Waals surface area contributed by atoms with E-state index in [0.29, 0.717) is 15.9 Å². The summed E-state index contributed by atoms with van der Waals surface area (Å²) >= 11 is 6.65. The van der Waals surface area contributed by atoms with Gasteiger partial charge in [0.2, 0.25) is 0 Å². The first kappa shape index (κ1) is 14.9. The van der Waals surface area contributed by atoms with Crippen molar-refractivity contribution in [3.05, 3.63) is 50.9 Å². The van der Waals surface area contributed by atoms with E-state index in [1.807, 2.05) is 0 Å². The van der Waals surface area contributed by atoms with Crippen LogP contribution in [0.2, 0.25) is 0 Å². The molecule has 0 radical (unpaired) electrons. The molecule has 0 atom stereocenters. The maximum absolute atomic E-state index is 13.5. The molecule has 1 aromatic heterocycles. The van der Waals surface area contributed by atoms with Gasteiger partial charge in [-0.15, -0.1) is 0 Å². The minimum atomic E-state index is -0.676. The zero-order valence-corrected chi connectivity index (χ0v) is 13.5. The second-order valence-corrected chi connectivity index (χ2v) is 5.48. The van der Waals surface area contributed by atoms with Gasteiger partial charge in [-0.05, 0) is 44.0 Å². The van der Waals surface area contributed by atoms with Crippen LogP contribution >= 0.6 is 31.9 Å². The second kappa shape index (κ2) is 6.32. The Balaban J connectivity index is 2.31. The lowest BCUT2D eigenvalue weighted by atomic mass is 10.2. The molecule has 0 fully saturated rings. The molecule has 0 aliphatic carbocycles. The fourth-order valence-electron chi connectivity index (χ4n) is 1.53. The molecule has 1 aromatic carbocycles. The van der Waals surface area contributed by atoms with E-state index in [1.54, 1.807) is 12.1 Å². The molecule has 0 bridgehead atoms. The Labute approximate surface area is 131 Å². The van der Waals surface area contributed by atoms with Gasteiger partial charge >= 0.3 is 0 Å². The van der Waals surface area contributed by atoms with Gasteiger partial charge in [0.15, 0.2) is 5.82 Å². The molecule has 2 aromatic rings. The van der Waals surface area contributed by atoms with E-state index in [9.17, 15) is 9.18 Å². The topological polar surface area (TPSA) is 51.2 Å². The molecule has 0 aliphatic rings. The maximum atomic E-state index is 13.5. The summed E-state index contributed by atoms with van der Waals surface area (Å²) in [5.41, 5.74) is 0.403. The molecule has 0 aliphatic heterocycles. The van der Waals surface area contributed by atoms with Crippen LogP contribution in [0, 0.1) is 5.82 Å². The van der Waals surface area contributed by atoms with Gasteiger partial charge in [-0.3, -0.25) is 9.78 Å². The Hall–Kier alpha value is -1.47. The highest BCUT2D eigenvalue weighted by Gasteiger charge is 2.14. The molecular formula is C13H9Br2FN2O2. The number of aromatic nitrogens is 1. The molecule has 1 N–H and O–H groups in total. The van der Waals surface area contributed by atoms with Gasteiger partial charge < -0.3 is 10.1 Å². The molecule has 7 heteroatoms. The van der Waals surface area contributed by atoms with Crippen molar-refractivity contribution < 1.29 is 13.9 Å². The first-order valence-corrected chi connectivity index (χ1v) is 7.05. The number of amides is 1. The minimum absolute atomic E-state index is 0.0752. The lowest BCUT2D eigenvalue weighted by molar-refractivity contribution is 0.102. The fourth-order valence-corrected chi connectivity index (χ4v) is 2.79. The number of hydrogen-bond acceptors (Lipinski definition) is 3. The lowest BCUT2D eigenvalue weighted by Crippen LogP contribution is -2.14. The van der Waals surface area contributed by atoms with Crippen LogP contribution in [-0.4, -0.2) is 18.0 Å². The van der Waals surface area contributed by atoms with Crippen LogP contribution < -0.4 is 10.1 Å². The van der Waals surface area contributed by atoms with Crippen LogP contribution in [0.3, 0.4) is 0 Å². The number of benzene rings is 1. The van der Waals surface area contributed by atoms with Crippen LogP contribution in [0.4, 0.5) is 10.1 Å². The Kier molecular flexibility index (Phi) is 4.72. The number of halogens is 3. The van der Waals surface area contributed by atoms with Crippen LogP contribution in [0.15, 0.2) is 39.5 Å². The van der Waals surface area contributed by atoms with E-state index in [4.69, 9.17) is 4.74 Å². The minimum Gasteiger partial charge on any atom is -0.495 e. The van der Waals surface area contributed by atoms with E-state index < -0.39 is 11.7 Å². The van der Waals surface area contributed by atoms with Crippen molar-refractivity contribution in [2.75, 3.05) is 12.4 Å². The Morgan fingerprint density at radius 2 is 2.10 bits per heavy atom. The van der Waals surface area contributed by atoms with E-state index in [-0.39, 0.29) is 5.56 Å². The number of hydrogen-bond donors (Lipinski definition) is 1. The van der Waals surface area contributed by atoms with Crippen molar-refractivity contribution >= 4 is 43.5 Å². The highest BCUT2D eigenvalue weighted by atomic mass is 79.9. The van der Waals surface area contributed by atoms with Gasteiger partial charge in [-0.25, -0.2) is 4.39 Å². The summed E-state index contributed by atoms with van der Waals surface area (Å²) in [4.78, 5) is 15.6. The molecule has 20 heavy (non-hydrogen) atoms. The van der Waals surface area contributed by atoms with Crippen molar-refractivity contribution in [3.8, 4) is 5.75 Å². The molecule has 1 amide bonds. The van der Waals surface area contributed by atoms with Crippen LogP contribution in [-0.2, 0) is 0 Å². The van der Waals surface area contributed by atoms with E-state index >= 15 is 0 Å². The summed E-state index contributed by atoms with van der Waals surface area (Å²) < 4.78 is 20.0. The zero-order chi connectivity index (χ0) is 14.7. The Morgan fingerprint density at radius 1 is 1.35 bits per heavy atom. The SMILES string of the molecule is COc1cc(NC(=O)c2ccncc2F)c(Br)cc1Br. The summed E-state index contributed by atoms with van der Waals surface area (Å²) in [5.74, 6) is -0.682. The first-order valence-electron chi connectivity index (χ1n) is 5.47. The number of ether oxygens (including phenoxy) is 1. The van der Waals surface area contributed by atoms with Crippen molar-refractivity contribution in [1.82, 2.24) is 4.98 Å². The standard InChI is InChI=1S/C13H9Br2FN2O2/c1-20-12-5-11(8(14)4-9(12)15)18-13(19)7-2-3-17-6-10(7)16/h2-6H,1H3,(H,18,19). The van der Waals surface area contributed by atoms with Crippen LogP contribution in [0.5, 0.6) is 5.75 Å². The maximum Gasteiger partial charge on any atom is 0.258 e. The molecule has 0 saturated carbocycles. The highest BCUT2D eigenvalue weighted by Crippen LogP contribution is 2.34. The third-order valence-electron chi connectivity index (χ3n) is 2.51. The van der Waals surface area contributed by atoms with Crippen molar-refractivity contribution in [2.45, 2.75) is 0 Å². The van der Waals surface area contributed by atoms with Crippen molar-refractivity contribution in [3.63, 3.8) is 0 Å². The quantitative estimate of drug-likeness (QED) is 0.842. The number of rotatable bonds is 3. The molecule has 104 valence electrons. The van der Waals surface area contributed by atoms with E-state index in [0.717, 1.165) is 10.7 Å². The summed E-state index contributed by atoms with van der Waals surface area (Å²) in [6.45, 7) is 0. The number of carbonyl (C=O) groups excluding carboxylic acids is 1. The first-order chi connectivity index (χ1) is 9.52. The summed E-state index contributed by atoms with van der Waals surface area (Å²) in [6, 6.07) is 4.68. The molecule has 0 unspecified atom stereocenters. The predicted molar refractivity (Wildman–Crippen MR) is 80.5 cm³/mol. The molecular weight excluding hydrogens is 395 g/mol. The molecule has 2 rings (SSSR count). The van der Waals surface area contributed by atoms with Gasteiger partial charge in [0.25, 0.3) is 5.91 Å². The number of carbonyl (C=O) groups is 1. The fraction of sp³-hybridized carbons (Fsp3) is 0.0769. The van der Waals surface area contributed by atoms with Crippen molar-refractivity contribution in [1.29, 1.82) is 0 Å². The number of nitrogens with one attached hydrogen (secondary N) is 1. The molecule has 1 heterocycles. The van der Waals surface area contributed by atoms with Gasteiger partial charge in [-0.2, -0.15) is 0 Å². The number of methoxy groups -OCH3 is 1. The van der Waals surface area contributed by atoms with Gasteiger partial charge in [0.05, 0.1) is 29.0 Å². The van der Waals surface area contributed by atoms with Crippen LogP contribution in [0.1, 0.15) is 10.4 Å². The van der Waals surface area contributed by atoms with Gasteiger partial charge in [-0.1, -0.05) is 0 Å². The average molecular weight is 404 g/mol. The Bertz CT molecular complexity index is 665. The second-order valence-electron chi connectivity index (χ2n) is 3.78. The van der Waals surface area contributed by atoms with Crippen molar-refractivity contribution in [2.24, 2.45) is 0 Å². The van der Waals surface area contributed by atoms with E-state index in [2.05, 4.69) is 42.2 Å². The van der Waals surface area contributed by atoms with E-state index in [1.165, 1.54) is 19.4 Å². The third kappa shape index (κ3) is 3.16. The predicted octanol–water partition coefficient (Wildman–Crippen LogP) is 4.01. The highest BCUT2D eigenvalue weighted by molar-refractivity contribution is 9.11. The summed E-state index contributed by atoms with van der Waals surface area (Å²) in [6.07, 6.45) is 2.35. The monoisotopic (exact) mass is 402 g/mol. The Morgan fingerprint density at radius 3 is 2.75 bits per heavy atom. The molecule has 0 saturated heterocycles. The smallest absolute Gasteiger partial charge is 0.258 e. The van der Waals surface area contributed by atoms with Crippen LogP contribution in [0.25, 0.3) is 0 Å². The largest absolute Gasteiger partial charge is 0.495 e. The molecule has 0 spiro atoms. The zero-order valence-electron chi connectivity index (χ0n) is 10.3. The normalized spacial score (nSPS) is 10.2. The number of nitrogens with zero attached hydrogens (tertiary/aromatic N) is 1. The number of pyridine rings is 1. The summed E-state index contributed by atoms with van der Waals surface area (Å²) in [7, 11) is 1.52. The average Bonchev–Trinajstić information content (AvgIpc) is 2.42. The van der Waals surface area contributed by atoms with Gasteiger partial charge in [0.1, 0.15) is 5.75 Å². The number of anilines is 1. The van der Waals surface area contributed by atoms with Gasteiger partial charge in [0, 0.05) is 16.7 Å². The molecule has 4 nitrogen and oxygen atoms in total. The summed E-state index contributed by atoms with van der Waals surface area (Å²) in [5, 5.41) is 2.61.